The van der Waals surface area contributed by atoms with Crippen LogP contribution in [0.4, 0.5) is 0 Å². The minimum absolute atomic E-state index is 0.0494. The molecule has 0 spiro atoms. The number of likely N-dealkylation sites (tertiary alicyclic amines) is 1. The van der Waals surface area contributed by atoms with Gasteiger partial charge in [-0.25, -0.2) is 0 Å². The first kappa shape index (κ1) is 20.0. The van der Waals surface area contributed by atoms with Crippen LogP contribution in [0.25, 0.3) is 22.3 Å². The van der Waals surface area contributed by atoms with E-state index >= 15 is 0 Å². The van der Waals surface area contributed by atoms with Gasteiger partial charge in [0.1, 0.15) is 28.2 Å². The highest BCUT2D eigenvalue weighted by Gasteiger charge is 2.37. The van der Waals surface area contributed by atoms with Crippen molar-refractivity contribution in [1.29, 1.82) is 5.26 Å². The molecule has 0 radical (unpaired) electrons. The molecule has 2 unspecified atom stereocenters. The molecule has 2 aromatic carbocycles. The zero-order valence-electron chi connectivity index (χ0n) is 16.8. The topological polar surface area (TPSA) is 107 Å². The molecular formula is C23H22N2O5. The number of aliphatic hydroxyl groups excluding tert-OH is 1. The Morgan fingerprint density at radius 1 is 1.30 bits per heavy atom. The van der Waals surface area contributed by atoms with Crippen LogP contribution in [0.5, 0.6) is 11.5 Å². The number of hydrogen-bond acceptors (Lipinski definition) is 7. The molecule has 1 aliphatic heterocycles. The summed E-state index contributed by atoms with van der Waals surface area (Å²) in [5.41, 5.74) is 1.70. The number of phenols is 1. The highest BCUT2D eigenvalue weighted by atomic mass is 16.5. The van der Waals surface area contributed by atoms with Crippen molar-refractivity contribution in [2.75, 3.05) is 27.3 Å². The number of methoxy groups -OCH3 is 1. The van der Waals surface area contributed by atoms with Crippen LogP contribution in [0.1, 0.15) is 23.5 Å². The largest absolute Gasteiger partial charge is 0.507 e. The third-order valence-corrected chi connectivity index (χ3v) is 5.88. The van der Waals surface area contributed by atoms with Crippen molar-refractivity contribution in [2.24, 2.45) is 0 Å². The Labute approximate surface area is 173 Å². The van der Waals surface area contributed by atoms with Crippen molar-refractivity contribution in [3.8, 4) is 28.9 Å². The molecule has 4 rings (SSSR count). The van der Waals surface area contributed by atoms with E-state index in [9.17, 15) is 15.0 Å². The van der Waals surface area contributed by atoms with Crippen LogP contribution in [0.15, 0.2) is 45.6 Å². The van der Waals surface area contributed by atoms with Crippen molar-refractivity contribution < 1.29 is 19.4 Å². The van der Waals surface area contributed by atoms with Gasteiger partial charge in [0.2, 0.25) is 0 Å². The first-order valence-corrected chi connectivity index (χ1v) is 9.67. The van der Waals surface area contributed by atoms with Crippen molar-refractivity contribution >= 4 is 11.0 Å². The molecule has 0 aliphatic carbocycles. The maximum absolute atomic E-state index is 12.9. The Bertz CT molecular complexity index is 1190. The third-order valence-electron chi connectivity index (χ3n) is 5.88. The Balaban J connectivity index is 2.00. The summed E-state index contributed by atoms with van der Waals surface area (Å²) in [7, 11) is 3.44. The quantitative estimate of drug-likeness (QED) is 0.686. The molecule has 3 aromatic rings. The highest BCUT2D eigenvalue weighted by Crippen LogP contribution is 2.44. The molecule has 154 valence electrons. The monoisotopic (exact) mass is 406 g/mol. The maximum Gasteiger partial charge on any atom is 0.197 e. The number of aromatic hydroxyl groups is 1. The number of hydrogen-bond donors (Lipinski definition) is 2. The van der Waals surface area contributed by atoms with Gasteiger partial charge in [-0.3, -0.25) is 4.79 Å². The molecule has 2 heterocycles. The Morgan fingerprint density at radius 2 is 2.03 bits per heavy atom. The smallest absolute Gasteiger partial charge is 0.197 e. The van der Waals surface area contributed by atoms with Gasteiger partial charge in [-0.1, -0.05) is 0 Å². The average molecular weight is 406 g/mol. The van der Waals surface area contributed by atoms with Gasteiger partial charge in [0.15, 0.2) is 5.43 Å². The highest BCUT2D eigenvalue weighted by molar-refractivity contribution is 5.90. The van der Waals surface area contributed by atoms with E-state index in [1.165, 1.54) is 19.2 Å². The van der Waals surface area contributed by atoms with Gasteiger partial charge < -0.3 is 24.3 Å². The lowest BCUT2D eigenvalue weighted by atomic mass is 9.89. The van der Waals surface area contributed by atoms with Gasteiger partial charge in [-0.15, -0.1) is 0 Å². The van der Waals surface area contributed by atoms with Gasteiger partial charge in [0.05, 0.1) is 25.3 Å². The average Bonchev–Trinajstić information content (AvgIpc) is 3.12. The van der Waals surface area contributed by atoms with E-state index in [1.54, 1.807) is 24.3 Å². The van der Waals surface area contributed by atoms with E-state index in [0.29, 0.717) is 28.2 Å². The van der Waals surface area contributed by atoms with E-state index < -0.39 is 0 Å². The summed E-state index contributed by atoms with van der Waals surface area (Å²) in [6, 6.07) is 11.4. The van der Waals surface area contributed by atoms with Crippen LogP contribution in [0.3, 0.4) is 0 Å². The molecule has 0 amide bonds. The normalized spacial score (nSPS) is 19.1. The zero-order chi connectivity index (χ0) is 21.4. The molecule has 1 aromatic heterocycles. The second-order valence-corrected chi connectivity index (χ2v) is 7.51. The SMILES string of the molecule is COc1cc(O)c2c(=O)cc(-c3ccc(C#N)cc3)oc2c1C1CCN(C)C1CO. The second kappa shape index (κ2) is 7.82. The summed E-state index contributed by atoms with van der Waals surface area (Å²) in [6.45, 7) is 0.729. The summed E-state index contributed by atoms with van der Waals surface area (Å²) < 4.78 is 11.7. The number of likely N-dealkylation sites (N-methyl/N-ethyl adjacent to an activating group) is 1. The van der Waals surface area contributed by atoms with Gasteiger partial charge in [-0.05, 0) is 44.3 Å². The van der Waals surface area contributed by atoms with Crippen LogP contribution in [0, 0.1) is 11.3 Å². The fourth-order valence-corrected chi connectivity index (χ4v) is 4.29. The lowest BCUT2D eigenvalue weighted by Gasteiger charge is -2.25. The number of ether oxygens (including phenoxy) is 1. The van der Waals surface area contributed by atoms with Crippen LogP contribution < -0.4 is 10.2 Å². The van der Waals surface area contributed by atoms with E-state index in [2.05, 4.69) is 11.0 Å². The predicted molar refractivity (Wildman–Crippen MR) is 112 cm³/mol. The van der Waals surface area contributed by atoms with Crippen LogP contribution >= 0.6 is 0 Å². The summed E-state index contributed by atoms with van der Waals surface area (Å²) in [4.78, 5) is 15.0. The number of benzene rings is 2. The summed E-state index contributed by atoms with van der Waals surface area (Å²) in [5.74, 6) is 0.409. The molecule has 0 bridgehead atoms. The maximum atomic E-state index is 12.9. The zero-order valence-corrected chi connectivity index (χ0v) is 16.8. The van der Waals surface area contributed by atoms with Gasteiger partial charge in [0, 0.05) is 35.2 Å². The lowest BCUT2D eigenvalue weighted by molar-refractivity contribution is 0.171. The molecule has 30 heavy (non-hydrogen) atoms. The first-order chi connectivity index (χ1) is 14.5. The molecule has 1 saturated heterocycles. The van der Waals surface area contributed by atoms with E-state index in [1.807, 2.05) is 7.05 Å². The molecular weight excluding hydrogens is 384 g/mol. The Hall–Kier alpha value is -3.34. The second-order valence-electron chi connectivity index (χ2n) is 7.51. The Morgan fingerprint density at radius 3 is 2.67 bits per heavy atom. The number of rotatable bonds is 4. The number of aliphatic hydroxyl groups is 1. The molecule has 7 nitrogen and oxygen atoms in total. The lowest BCUT2D eigenvalue weighted by Crippen LogP contribution is -2.32. The molecule has 0 saturated carbocycles. The van der Waals surface area contributed by atoms with E-state index in [-0.39, 0.29) is 40.7 Å². The van der Waals surface area contributed by atoms with Gasteiger partial charge in [0.25, 0.3) is 0 Å². The van der Waals surface area contributed by atoms with Crippen LogP contribution in [-0.2, 0) is 0 Å². The molecule has 2 N–H and O–H groups in total. The molecule has 1 aliphatic rings. The predicted octanol–water partition coefficient (Wildman–Crippen LogP) is 2.83. The van der Waals surface area contributed by atoms with Crippen molar-refractivity contribution in [1.82, 2.24) is 4.90 Å². The standard InChI is InChI=1S/C23H22N2O5/c1-25-8-7-15(16(25)12-26)21-20(29-2)10-18(28)22-17(27)9-19(30-23(21)22)14-5-3-13(11-24)4-6-14/h3-6,9-10,15-16,26,28H,7-8,12H2,1-2H3. The van der Waals surface area contributed by atoms with E-state index in [0.717, 1.165) is 13.0 Å². The summed E-state index contributed by atoms with van der Waals surface area (Å²) in [5, 5.41) is 29.5. The minimum Gasteiger partial charge on any atom is -0.507 e. The molecule has 2 atom stereocenters. The molecule has 1 fully saturated rings. The number of fused-ring (bicyclic) bond motifs is 1. The van der Waals surface area contributed by atoms with Crippen LogP contribution in [0.2, 0.25) is 0 Å². The molecule has 7 heteroatoms. The fraction of sp³-hybridized carbons (Fsp3) is 0.304. The number of nitrogens with zero attached hydrogens (tertiary/aromatic N) is 2. The number of nitriles is 1. The minimum atomic E-state index is -0.371. The Kier molecular flexibility index (Phi) is 5.20. The van der Waals surface area contributed by atoms with E-state index in [4.69, 9.17) is 14.4 Å². The summed E-state index contributed by atoms with van der Waals surface area (Å²) >= 11 is 0. The fourth-order valence-electron chi connectivity index (χ4n) is 4.29. The van der Waals surface area contributed by atoms with Crippen molar-refractivity contribution in [3.05, 3.63) is 57.7 Å². The van der Waals surface area contributed by atoms with Crippen molar-refractivity contribution in [2.45, 2.75) is 18.4 Å². The van der Waals surface area contributed by atoms with Gasteiger partial charge in [-0.2, -0.15) is 5.26 Å². The summed E-state index contributed by atoms with van der Waals surface area (Å²) in [6.07, 6.45) is 0.753. The number of phenolic OH excluding ortho intramolecular Hbond substituents is 1. The third kappa shape index (κ3) is 3.20. The van der Waals surface area contributed by atoms with Gasteiger partial charge >= 0.3 is 0 Å². The first-order valence-electron chi connectivity index (χ1n) is 9.67. The van der Waals surface area contributed by atoms with Crippen LogP contribution in [-0.4, -0.2) is 48.5 Å². The van der Waals surface area contributed by atoms with Crippen molar-refractivity contribution in [3.63, 3.8) is 0 Å².